The smallest absolute Gasteiger partial charge is 0.339 e. The second-order valence-corrected chi connectivity index (χ2v) is 5.69. The number of thioether (sulfide) groups is 1. The van der Waals surface area contributed by atoms with Crippen molar-refractivity contribution in [2.24, 2.45) is 0 Å². The Morgan fingerprint density at radius 3 is 2.67 bits per heavy atom. The number of rotatable bonds is 6. The fourth-order valence-electron chi connectivity index (χ4n) is 1.32. The van der Waals surface area contributed by atoms with Gasteiger partial charge in [-0.1, -0.05) is 13.8 Å². The van der Waals surface area contributed by atoms with Gasteiger partial charge in [-0.15, -0.1) is 11.8 Å². The topological polar surface area (TPSA) is 79.5 Å². The normalized spacial score (nSPS) is 10.7. The quantitative estimate of drug-likeness (QED) is 0.827. The molecule has 1 aromatic rings. The van der Waals surface area contributed by atoms with Crippen LogP contribution in [0.25, 0.3) is 0 Å². The predicted octanol–water partition coefficient (Wildman–Crippen LogP) is 2.04. The van der Waals surface area contributed by atoms with Crippen molar-refractivity contribution in [1.82, 2.24) is 5.32 Å². The summed E-state index contributed by atoms with van der Waals surface area (Å²) in [4.78, 5) is 22.3. The first-order chi connectivity index (χ1) is 8.40. The van der Waals surface area contributed by atoms with Crippen LogP contribution in [0.1, 0.15) is 35.7 Å². The molecule has 1 heterocycles. The van der Waals surface area contributed by atoms with Crippen LogP contribution in [-0.2, 0) is 11.3 Å². The first-order valence-electron chi connectivity index (χ1n) is 5.61. The van der Waals surface area contributed by atoms with E-state index in [1.807, 2.05) is 13.8 Å². The maximum atomic E-state index is 11.5. The molecule has 0 bridgehead atoms. The van der Waals surface area contributed by atoms with E-state index in [1.165, 1.54) is 6.07 Å². The molecule has 0 saturated carbocycles. The lowest BCUT2D eigenvalue weighted by Crippen LogP contribution is -2.24. The standard InChI is InChI=1S/C12H17NO4S/c1-7(2)18-6-11(14)13-5-9-4-10(12(15)16)8(3)17-9/h4,7H,5-6H2,1-3H3,(H,13,14)(H,15,16). The van der Waals surface area contributed by atoms with Crippen LogP contribution in [-0.4, -0.2) is 28.0 Å². The highest BCUT2D eigenvalue weighted by molar-refractivity contribution is 8.00. The van der Waals surface area contributed by atoms with Gasteiger partial charge in [-0.3, -0.25) is 4.79 Å². The maximum absolute atomic E-state index is 11.5. The molecule has 18 heavy (non-hydrogen) atoms. The zero-order valence-corrected chi connectivity index (χ0v) is 11.5. The van der Waals surface area contributed by atoms with Crippen molar-refractivity contribution in [1.29, 1.82) is 0 Å². The molecule has 2 N–H and O–H groups in total. The molecule has 1 amide bonds. The average Bonchev–Trinajstić information content (AvgIpc) is 2.65. The molecule has 1 rings (SSSR count). The molecule has 0 fully saturated rings. The molecule has 0 unspecified atom stereocenters. The molecule has 6 heteroatoms. The van der Waals surface area contributed by atoms with Crippen molar-refractivity contribution in [3.8, 4) is 0 Å². The van der Waals surface area contributed by atoms with Crippen LogP contribution in [0.2, 0.25) is 0 Å². The first-order valence-corrected chi connectivity index (χ1v) is 6.66. The van der Waals surface area contributed by atoms with Crippen molar-refractivity contribution in [2.75, 3.05) is 5.75 Å². The van der Waals surface area contributed by atoms with E-state index >= 15 is 0 Å². The van der Waals surface area contributed by atoms with Crippen LogP contribution in [0.3, 0.4) is 0 Å². The molecule has 0 atom stereocenters. The SMILES string of the molecule is Cc1oc(CNC(=O)CSC(C)C)cc1C(=O)O. The van der Waals surface area contributed by atoms with E-state index in [4.69, 9.17) is 9.52 Å². The maximum Gasteiger partial charge on any atom is 0.339 e. The average molecular weight is 271 g/mol. The Bertz CT molecular complexity index is 439. The Hall–Kier alpha value is -1.43. The molecule has 0 aromatic carbocycles. The van der Waals surface area contributed by atoms with Crippen LogP contribution < -0.4 is 5.32 Å². The van der Waals surface area contributed by atoms with E-state index in [9.17, 15) is 9.59 Å². The van der Waals surface area contributed by atoms with Crippen molar-refractivity contribution in [3.63, 3.8) is 0 Å². The fraction of sp³-hybridized carbons (Fsp3) is 0.500. The van der Waals surface area contributed by atoms with Gasteiger partial charge in [-0.25, -0.2) is 4.79 Å². The lowest BCUT2D eigenvalue weighted by Gasteiger charge is -2.05. The minimum atomic E-state index is -1.02. The number of amides is 1. The summed E-state index contributed by atoms with van der Waals surface area (Å²) in [5, 5.41) is 11.9. The third kappa shape index (κ3) is 4.44. The molecule has 0 aliphatic carbocycles. The van der Waals surface area contributed by atoms with Gasteiger partial charge < -0.3 is 14.8 Å². The summed E-state index contributed by atoms with van der Waals surface area (Å²) in [5.41, 5.74) is 0.135. The number of hydrogen-bond donors (Lipinski definition) is 2. The minimum Gasteiger partial charge on any atom is -0.478 e. The monoisotopic (exact) mass is 271 g/mol. The van der Waals surface area contributed by atoms with Crippen molar-refractivity contribution >= 4 is 23.6 Å². The highest BCUT2D eigenvalue weighted by atomic mass is 32.2. The van der Waals surface area contributed by atoms with Gasteiger partial charge in [0.1, 0.15) is 17.1 Å². The van der Waals surface area contributed by atoms with Crippen molar-refractivity contribution in [2.45, 2.75) is 32.6 Å². The van der Waals surface area contributed by atoms with E-state index in [2.05, 4.69) is 5.32 Å². The zero-order valence-electron chi connectivity index (χ0n) is 10.6. The Kier molecular flexibility index (Phi) is 5.27. The molecule has 100 valence electrons. The molecule has 0 radical (unpaired) electrons. The first kappa shape index (κ1) is 14.6. The van der Waals surface area contributed by atoms with Gasteiger partial charge in [0, 0.05) is 0 Å². The summed E-state index contributed by atoms with van der Waals surface area (Å²) < 4.78 is 5.25. The van der Waals surface area contributed by atoms with Gasteiger partial charge in [-0.05, 0) is 18.2 Å². The molecule has 0 saturated heterocycles. The van der Waals surface area contributed by atoms with E-state index in [0.29, 0.717) is 22.5 Å². The van der Waals surface area contributed by atoms with Crippen LogP contribution in [0.5, 0.6) is 0 Å². The number of aromatic carboxylic acids is 1. The van der Waals surface area contributed by atoms with Gasteiger partial charge in [0.25, 0.3) is 0 Å². The number of carboxylic acids is 1. The van der Waals surface area contributed by atoms with Gasteiger partial charge in [0.05, 0.1) is 12.3 Å². The second-order valence-electron chi connectivity index (χ2n) is 4.12. The van der Waals surface area contributed by atoms with Crippen LogP contribution in [0.15, 0.2) is 10.5 Å². The highest BCUT2D eigenvalue weighted by Gasteiger charge is 2.14. The minimum absolute atomic E-state index is 0.0837. The molecule has 0 spiro atoms. The number of carbonyl (C=O) groups excluding carboxylic acids is 1. The third-order valence-electron chi connectivity index (χ3n) is 2.21. The number of nitrogens with one attached hydrogen (secondary N) is 1. The van der Waals surface area contributed by atoms with Crippen molar-refractivity contribution in [3.05, 3.63) is 23.2 Å². The van der Waals surface area contributed by atoms with E-state index in [0.717, 1.165) is 0 Å². The van der Waals surface area contributed by atoms with Gasteiger partial charge >= 0.3 is 5.97 Å². The van der Waals surface area contributed by atoms with Crippen LogP contribution in [0, 0.1) is 6.92 Å². The van der Waals surface area contributed by atoms with Gasteiger partial charge in [-0.2, -0.15) is 0 Å². The summed E-state index contributed by atoms with van der Waals surface area (Å²) in [6, 6.07) is 1.44. The molecule has 1 aromatic heterocycles. The fourth-order valence-corrected chi connectivity index (χ4v) is 1.91. The lowest BCUT2D eigenvalue weighted by molar-refractivity contribution is -0.118. The van der Waals surface area contributed by atoms with E-state index in [-0.39, 0.29) is 18.0 Å². The number of aryl methyl sites for hydroxylation is 1. The molecule has 0 aliphatic rings. The Labute approximate surface area is 110 Å². The Morgan fingerprint density at radius 2 is 2.17 bits per heavy atom. The summed E-state index contributed by atoms with van der Waals surface area (Å²) in [7, 11) is 0. The molecule has 5 nitrogen and oxygen atoms in total. The van der Waals surface area contributed by atoms with E-state index < -0.39 is 5.97 Å². The third-order valence-corrected chi connectivity index (χ3v) is 3.30. The number of carbonyl (C=O) groups is 2. The zero-order chi connectivity index (χ0) is 13.7. The number of hydrogen-bond acceptors (Lipinski definition) is 4. The second kappa shape index (κ2) is 6.49. The molecular formula is C12H17NO4S. The Balaban J connectivity index is 2.46. The number of carboxylic acid groups (broad SMARTS) is 1. The van der Waals surface area contributed by atoms with Crippen LogP contribution >= 0.6 is 11.8 Å². The summed E-state index contributed by atoms with van der Waals surface area (Å²) in [6.45, 7) is 5.84. The molecule has 0 aliphatic heterocycles. The van der Waals surface area contributed by atoms with E-state index in [1.54, 1.807) is 18.7 Å². The van der Waals surface area contributed by atoms with Crippen molar-refractivity contribution < 1.29 is 19.1 Å². The summed E-state index contributed by atoms with van der Waals surface area (Å²) >= 11 is 1.55. The lowest BCUT2D eigenvalue weighted by atomic mass is 10.2. The number of furan rings is 1. The largest absolute Gasteiger partial charge is 0.478 e. The molecular weight excluding hydrogens is 254 g/mol. The Morgan fingerprint density at radius 1 is 1.50 bits per heavy atom. The summed E-state index contributed by atoms with van der Waals surface area (Å²) in [6.07, 6.45) is 0. The van der Waals surface area contributed by atoms with Gasteiger partial charge in [0.2, 0.25) is 5.91 Å². The van der Waals surface area contributed by atoms with Crippen LogP contribution in [0.4, 0.5) is 0 Å². The van der Waals surface area contributed by atoms with Gasteiger partial charge in [0.15, 0.2) is 0 Å². The summed E-state index contributed by atoms with van der Waals surface area (Å²) in [5.74, 6) is 0.0864. The predicted molar refractivity (Wildman–Crippen MR) is 69.8 cm³/mol. The highest BCUT2D eigenvalue weighted by Crippen LogP contribution is 2.14.